The van der Waals surface area contributed by atoms with Crippen molar-refractivity contribution in [1.29, 1.82) is 0 Å². The lowest BCUT2D eigenvalue weighted by atomic mass is 9.90. The molecule has 1 aromatic carbocycles. The lowest BCUT2D eigenvalue weighted by Crippen LogP contribution is -2.18. The number of carbonyl (C=O) groups is 1. The zero-order valence-corrected chi connectivity index (χ0v) is 11.4. The van der Waals surface area contributed by atoms with Crippen LogP contribution in [0.4, 0.5) is 0 Å². The third-order valence-corrected chi connectivity index (χ3v) is 3.54. The zero-order valence-electron chi connectivity index (χ0n) is 11.4. The molecule has 1 aliphatic carbocycles. The summed E-state index contributed by atoms with van der Waals surface area (Å²) >= 11 is 0. The van der Waals surface area contributed by atoms with E-state index in [-0.39, 0.29) is 0 Å². The first-order chi connectivity index (χ1) is 9.15. The minimum atomic E-state index is -0.887. The fraction of sp³-hybridized carbons (Fsp3) is 0.438. The molecule has 0 fully saturated rings. The second kappa shape index (κ2) is 6.53. The molecule has 102 valence electrons. The highest BCUT2D eigenvalue weighted by atomic mass is 16.4. The van der Waals surface area contributed by atoms with Gasteiger partial charge in [-0.3, -0.25) is 4.90 Å². The normalized spacial score (nSPS) is 14.8. The monoisotopic (exact) mass is 259 g/mol. The summed E-state index contributed by atoms with van der Waals surface area (Å²) in [5.41, 5.74) is 4.31. The maximum Gasteiger partial charge on any atom is 0.328 e. The van der Waals surface area contributed by atoms with Gasteiger partial charge in [-0.15, -0.1) is 0 Å². The van der Waals surface area contributed by atoms with Gasteiger partial charge in [-0.05, 0) is 49.4 Å². The number of hydrogen-bond donors (Lipinski definition) is 1. The summed E-state index contributed by atoms with van der Waals surface area (Å²) in [6.07, 6.45) is 7.91. The van der Waals surface area contributed by atoms with E-state index in [1.165, 1.54) is 48.4 Å². The van der Waals surface area contributed by atoms with Crippen molar-refractivity contribution in [2.45, 2.75) is 32.2 Å². The maximum atomic E-state index is 10.4. The van der Waals surface area contributed by atoms with E-state index in [0.29, 0.717) is 6.54 Å². The Bertz CT molecular complexity index is 480. The third-order valence-electron chi connectivity index (χ3n) is 3.54. The van der Waals surface area contributed by atoms with Gasteiger partial charge in [0.1, 0.15) is 0 Å². The van der Waals surface area contributed by atoms with Gasteiger partial charge < -0.3 is 5.11 Å². The quantitative estimate of drug-likeness (QED) is 0.826. The Morgan fingerprint density at radius 3 is 2.79 bits per heavy atom. The van der Waals surface area contributed by atoms with Crippen molar-refractivity contribution in [3.63, 3.8) is 0 Å². The summed E-state index contributed by atoms with van der Waals surface area (Å²) in [4.78, 5) is 12.5. The Morgan fingerprint density at radius 1 is 1.32 bits per heavy atom. The summed E-state index contributed by atoms with van der Waals surface area (Å²) in [6, 6.07) is 6.76. The highest BCUT2D eigenvalue weighted by Gasteiger charge is 2.09. The number of hydrogen-bond acceptors (Lipinski definition) is 2. The Kier molecular flexibility index (Phi) is 4.74. The van der Waals surface area contributed by atoms with Gasteiger partial charge in [-0.2, -0.15) is 0 Å². The van der Waals surface area contributed by atoms with E-state index >= 15 is 0 Å². The lowest BCUT2D eigenvalue weighted by Gasteiger charge is -2.19. The Balaban J connectivity index is 1.93. The second-order valence-electron chi connectivity index (χ2n) is 5.25. The van der Waals surface area contributed by atoms with Gasteiger partial charge in [0.05, 0.1) is 0 Å². The molecule has 0 radical (unpaired) electrons. The Morgan fingerprint density at radius 2 is 2.05 bits per heavy atom. The van der Waals surface area contributed by atoms with Gasteiger partial charge in [0.25, 0.3) is 0 Å². The number of fused-ring (bicyclic) bond motifs is 1. The third kappa shape index (κ3) is 4.21. The van der Waals surface area contributed by atoms with E-state index in [9.17, 15) is 4.79 Å². The Hall–Kier alpha value is -1.61. The van der Waals surface area contributed by atoms with Crippen LogP contribution in [0.15, 0.2) is 30.4 Å². The molecule has 0 atom stereocenters. The number of nitrogens with zero attached hydrogens (tertiary/aromatic N) is 1. The van der Waals surface area contributed by atoms with Crippen LogP contribution in [0.3, 0.4) is 0 Å². The minimum absolute atomic E-state index is 0.656. The van der Waals surface area contributed by atoms with Crippen LogP contribution in [0.5, 0.6) is 0 Å². The summed E-state index contributed by atoms with van der Waals surface area (Å²) in [7, 11) is 2.01. The molecule has 1 aliphatic rings. The minimum Gasteiger partial charge on any atom is -0.478 e. The van der Waals surface area contributed by atoms with Gasteiger partial charge in [0.2, 0.25) is 0 Å². The first kappa shape index (κ1) is 13.8. The number of rotatable bonds is 5. The molecule has 0 saturated carbocycles. The predicted molar refractivity (Wildman–Crippen MR) is 76.2 cm³/mol. The highest BCUT2D eigenvalue weighted by Crippen LogP contribution is 2.22. The fourth-order valence-corrected chi connectivity index (χ4v) is 2.59. The van der Waals surface area contributed by atoms with E-state index in [0.717, 1.165) is 6.54 Å². The van der Waals surface area contributed by atoms with Crippen molar-refractivity contribution >= 4 is 5.97 Å². The van der Waals surface area contributed by atoms with Gasteiger partial charge in [0.15, 0.2) is 0 Å². The van der Waals surface area contributed by atoms with E-state index in [1.807, 2.05) is 7.05 Å². The van der Waals surface area contributed by atoms with Gasteiger partial charge >= 0.3 is 5.97 Å². The summed E-state index contributed by atoms with van der Waals surface area (Å²) in [6.45, 7) is 1.51. The lowest BCUT2D eigenvalue weighted by molar-refractivity contribution is -0.131. The standard InChI is InChI=1S/C16H21NO2/c1-17(10-4-7-16(18)19)12-13-8-9-14-5-2-3-6-15(14)11-13/h4,7-9,11H,2-3,5-6,10,12H2,1H3,(H,18,19)/b7-4+. The Labute approximate surface area is 114 Å². The van der Waals surface area contributed by atoms with Crippen LogP contribution in [0, 0.1) is 0 Å². The largest absolute Gasteiger partial charge is 0.478 e. The number of carboxylic acids is 1. The molecule has 19 heavy (non-hydrogen) atoms. The smallest absolute Gasteiger partial charge is 0.328 e. The van der Waals surface area contributed by atoms with Crippen molar-refractivity contribution in [3.8, 4) is 0 Å². The zero-order chi connectivity index (χ0) is 13.7. The summed E-state index contributed by atoms with van der Waals surface area (Å²) < 4.78 is 0. The molecule has 3 heteroatoms. The van der Waals surface area contributed by atoms with E-state index in [1.54, 1.807) is 6.08 Å². The second-order valence-corrected chi connectivity index (χ2v) is 5.25. The molecular formula is C16H21NO2. The molecule has 0 aliphatic heterocycles. The average molecular weight is 259 g/mol. The average Bonchev–Trinajstić information content (AvgIpc) is 2.38. The molecule has 0 unspecified atom stereocenters. The first-order valence-corrected chi connectivity index (χ1v) is 6.84. The van der Waals surface area contributed by atoms with Crippen LogP contribution < -0.4 is 0 Å². The number of benzene rings is 1. The van der Waals surface area contributed by atoms with Crippen LogP contribution in [0.1, 0.15) is 29.5 Å². The van der Waals surface area contributed by atoms with E-state index in [4.69, 9.17) is 5.11 Å². The highest BCUT2D eigenvalue weighted by molar-refractivity contribution is 5.79. The van der Waals surface area contributed by atoms with Crippen molar-refractivity contribution in [3.05, 3.63) is 47.0 Å². The van der Waals surface area contributed by atoms with Crippen LogP contribution in [0.2, 0.25) is 0 Å². The molecule has 0 aromatic heterocycles. The molecule has 0 bridgehead atoms. The van der Waals surface area contributed by atoms with Crippen LogP contribution in [0.25, 0.3) is 0 Å². The van der Waals surface area contributed by atoms with Gasteiger partial charge in [-0.25, -0.2) is 4.79 Å². The SMILES string of the molecule is CN(C/C=C/C(=O)O)Cc1ccc2c(c1)CCCC2. The number of carboxylic acid groups (broad SMARTS) is 1. The summed E-state index contributed by atoms with van der Waals surface area (Å²) in [5.74, 6) is -0.887. The molecular weight excluding hydrogens is 238 g/mol. The maximum absolute atomic E-state index is 10.4. The molecule has 0 amide bonds. The molecule has 0 saturated heterocycles. The van der Waals surface area contributed by atoms with E-state index < -0.39 is 5.97 Å². The van der Waals surface area contributed by atoms with Crippen LogP contribution in [-0.2, 0) is 24.2 Å². The molecule has 2 rings (SSSR count). The fourth-order valence-electron chi connectivity index (χ4n) is 2.59. The van der Waals surface area contributed by atoms with Crippen molar-refractivity contribution in [2.75, 3.05) is 13.6 Å². The molecule has 0 spiro atoms. The molecule has 1 aromatic rings. The number of likely N-dealkylation sites (N-methyl/N-ethyl adjacent to an activating group) is 1. The topological polar surface area (TPSA) is 40.5 Å². The van der Waals surface area contributed by atoms with Gasteiger partial charge in [-0.1, -0.05) is 24.3 Å². The van der Waals surface area contributed by atoms with E-state index in [2.05, 4.69) is 23.1 Å². The molecule has 0 heterocycles. The number of aryl methyl sites for hydroxylation is 2. The van der Waals surface area contributed by atoms with Crippen LogP contribution in [-0.4, -0.2) is 29.6 Å². The predicted octanol–water partition coefficient (Wildman–Crippen LogP) is 2.64. The van der Waals surface area contributed by atoms with Crippen LogP contribution >= 0.6 is 0 Å². The number of aliphatic carboxylic acids is 1. The summed E-state index contributed by atoms with van der Waals surface area (Å²) in [5, 5.41) is 8.54. The first-order valence-electron chi connectivity index (χ1n) is 6.84. The van der Waals surface area contributed by atoms with Crippen molar-refractivity contribution in [1.82, 2.24) is 4.90 Å². The van der Waals surface area contributed by atoms with Crippen molar-refractivity contribution < 1.29 is 9.90 Å². The molecule has 3 nitrogen and oxygen atoms in total. The molecule has 1 N–H and O–H groups in total. The van der Waals surface area contributed by atoms with Crippen molar-refractivity contribution in [2.24, 2.45) is 0 Å². The van der Waals surface area contributed by atoms with Gasteiger partial charge in [0, 0.05) is 19.2 Å².